The molecule has 1 aliphatic rings. The van der Waals surface area contributed by atoms with E-state index in [9.17, 15) is 13.2 Å². The molecule has 1 aromatic rings. The van der Waals surface area contributed by atoms with Gasteiger partial charge in [0.2, 0.25) is 0 Å². The smallest absolute Gasteiger partial charge is 0.152 e. The van der Waals surface area contributed by atoms with Crippen LogP contribution in [0, 0.1) is 17.5 Å². The van der Waals surface area contributed by atoms with Crippen LogP contribution in [0.4, 0.5) is 18.9 Å². The van der Waals surface area contributed by atoms with Gasteiger partial charge in [-0.1, -0.05) is 0 Å². The van der Waals surface area contributed by atoms with Crippen molar-refractivity contribution in [2.24, 2.45) is 0 Å². The maximum absolute atomic E-state index is 13.4. The summed E-state index contributed by atoms with van der Waals surface area (Å²) < 4.78 is 39.5. The van der Waals surface area contributed by atoms with Gasteiger partial charge < -0.3 is 10.2 Å². The predicted octanol–water partition coefficient (Wildman–Crippen LogP) is 1.76. The SMILES string of the molecule is CN1CCN(CCNc2c(F)cc(F)cc2F)CC1. The van der Waals surface area contributed by atoms with Gasteiger partial charge in [-0.2, -0.15) is 0 Å². The Bertz CT molecular complexity index is 408. The molecule has 1 aromatic carbocycles. The van der Waals surface area contributed by atoms with Crippen molar-refractivity contribution >= 4 is 5.69 Å². The zero-order valence-corrected chi connectivity index (χ0v) is 10.9. The number of piperazine rings is 1. The van der Waals surface area contributed by atoms with E-state index in [1.54, 1.807) is 0 Å². The van der Waals surface area contributed by atoms with Crippen LogP contribution in [0.3, 0.4) is 0 Å². The molecular weight excluding hydrogens is 255 g/mol. The van der Waals surface area contributed by atoms with Crippen LogP contribution in [-0.4, -0.2) is 56.1 Å². The molecule has 1 aliphatic heterocycles. The van der Waals surface area contributed by atoms with Gasteiger partial charge in [0, 0.05) is 51.4 Å². The predicted molar refractivity (Wildman–Crippen MR) is 68.7 cm³/mol. The van der Waals surface area contributed by atoms with E-state index in [0.717, 1.165) is 26.2 Å². The van der Waals surface area contributed by atoms with Gasteiger partial charge in [-0.25, -0.2) is 13.2 Å². The average molecular weight is 273 g/mol. The van der Waals surface area contributed by atoms with Crippen LogP contribution in [0.15, 0.2) is 12.1 Å². The van der Waals surface area contributed by atoms with Crippen molar-refractivity contribution in [3.8, 4) is 0 Å². The zero-order chi connectivity index (χ0) is 13.8. The van der Waals surface area contributed by atoms with Crippen molar-refractivity contribution in [3.05, 3.63) is 29.6 Å². The van der Waals surface area contributed by atoms with E-state index in [-0.39, 0.29) is 5.69 Å². The molecule has 0 bridgehead atoms. The minimum Gasteiger partial charge on any atom is -0.379 e. The highest BCUT2D eigenvalue weighted by Gasteiger charge is 2.14. The summed E-state index contributed by atoms with van der Waals surface area (Å²) >= 11 is 0. The molecule has 3 nitrogen and oxygen atoms in total. The Labute approximate surface area is 111 Å². The van der Waals surface area contributed by atoms with Crippen molar-refractivity contribution < 1.29 is 13.2 Å². The standard InChI is InChI=1S/C13H18F3N3/c1-18-4-6-19(7-5-18)3-2-17-13-11(15)8-10(14)9-12(13)16/h8-9,17H,2-7H2,1H3. The molecule has 0 aromatic heterocycles. The van der Waals surface area contributed by atoms with Gasteiger partial charge in [-0.3, -0.25) is 4.90 Å². The molecule has 0 spiro atoms. The summed E-state index contributed by atoms with van der Waals surface area (Å²) in [5.74, 6) is -2.69. The van der Waals surface area contributed by atoms with E-state index in [0.29, 0.717) is 25.2 Å². The van der Waals surface area contributed by atoms with E-state index in [1.165, 1.54) is 0 Å². The number of rotatable bonds is 4. The fraction of sp³-hybridized carbons (Fsp3) is 0.538. The summed E-state index contributed by atoms with van der Waals surface area (Å²) in [5, 5.41) is 2.70. The molecule has 1 saturated heterocycles. The fourth-order valence-electron chi connectivity index (χ4n) is 2.12. The summed E-state index contributed by atoms with van der Waals surface area (Å²) in [6.45, 7) is 5.05. The number of hydrogen-bond acceptors (Lipinski definition) is 3. The lowest BCUT2D eigenvalue weighted by molar-refractivity contribution is 0.158. The van der Waals surface area contributed by atoms with Gasteiger partial charge in [0.25, 0.3) is 0 Å². The van der Waals surface area contributed by atoms with E-state index >= 15 is 0 Å². The highest BCUT2D eigenvalue weighted by Crippen LogP contribution is 2.19. The van der Waals surface area contributed by atoms with Crippen LogP contribution < -0.4 is 5.32 Å². The van der Waals surface area contributed by atoms with Crippen LogP contribution in [-0.2, 0) is 0 Å². The normalized spacial score (nSPS) is 17.7. The molecule has 0 atom stereocenters. The van der Waals surface area contributed by atoms with Crippen molar-refractivity contribution in [2.45, 2.75) is 0 Å². The number of hydrogen-bond donors (Lipinski definition) is 1. The van der Waals surface area contributed by atoms with Crippen molar-refractivity contribution in [1.29, 1.82) is 0 Å². The highest BCUT2D eigenvalue weighted by atomic mass is 19.1. The summed E-state index contributed by atoms with van der Waals surface area (Å²) in [5.41, 5.74) is -0.254. The minimum atomic E-state index is -0.903. The van der Waals surface area contributed by atoms with Crippen LogP contribution in [0.2, 0.25) is 0 Å². The fourth-order valence-corrected chi connectivity index (χ4v) is 2.12. The third-order valence-corrected chi connectivity index (χ3v) is 3.33. The molecule has 0 radical (unpaired) electrons. The van der Waals surface area contributed by atoms with Gasteiger partial charge in [0.1, 0.15) is 11.5 Å². The lowest BCUT2D eigenvalue weighted by atomic mass is 10.2. The number of halogens is 3. The molecule has 6 heteroatoms. The second-order valence-electron chi connectivity index (χ2n) is 4.82. The molecule has 1 fully saturated rings. The molecule has 2 rings (SSSR count). The van der Waals surface area contributed by atoms with Crippen molar-refractivity contribution in [1.82, 2.24) is 9.80 Å². The van der Waals surface area contributed by atoms with E-state index < -0.39 is 17.5 Å². The Morgan fingerprint density at radius 2 is 1.63 bits per heavy atom. The number of likely N-dealkylation sites (N-methyl/N-ethyl adjacent to an activating group) is 1. The Kier molecular flexibility index (Phi) is 4.66. The summed E-state index contributed by atoms with van der Waals surface area (Å²) in [6.07, 6.45) is 0. The topological polar surface area (TPSA) is 18.5 Å². The molecular formula is C13H18F3N3. The third-order valence-electron chi connectivity index (χ3n) is 3.33. The third kappa shape index (κ3) is 3.84. The Balaban J connectivity index is 1.83. The largest absolute Gasteiger partial charge is 0.379 e. The molecule has 0 unspecified atom stereocenters. The van der Waals surface area contributed by atoms with Gasteiger partial charge in [-0.05, 0) is 7.05 Å². The maximum Gasteiger partial charge on any atom is 0.152 e. The summed E-state index contributed by atoms with van der Waals surface area (Å²) in [6, 6.07) is 1.36. The molecule has 1 N–H and O–H groups in total. The summed E-state index contributed by atoms with van der Waals surface area (Å²) in [4.78, 5) is 4.47. The molecule has 106 valence electrons. The summed E-state index contributed by atoms with van der Waals surface area (Å²) in [7, 11) is 2.07. The highest BCUT2D eigenvalue weighted by molar-refractivity contribution is 5.46. The van der Waals surface area contributed by atoms with Gasteiger partial charge >= 0.3 is 0 Å². The maximum atomic E-state index is 13.4. The van der Waals surface area contributed by atoms with Crippen LogP contribution in [0.5, 0.6) is 0 Å². The molecule has 19 heavy (non-hydrogen) atoms. The number of nitrogens with zero attached hydrogens (tertiary/aromatic N) is 2. The lowest BCUT2D eigenvalue weighted by Crippen LogP contribution is -2.45. The second kappa shape index (κ2) is 6.25. The first-order chi connectivity index (χ1) is 9.06. The molecule has 1 heterocycles. The van der Waals surface area contributed by atoms with Crippen LogP contribution in [0.1, 0.15) is 0 Å². The van der Waals surface area contributed by atoms with Crippen LogP contribution >= 0.6 is 0 Å². The van der Waals surface area contributed by atoms with Gasteiger partial charge in [0.15, 0.2) is 11.6 Å². The molecule has 0 saturated carbocycles. The number of benzene rings is 1. The van der Waals surface area contributed by atoms with E-state index in [2.05, 4.69) is 22.2 Å². The quantitative estimate of drug-likeness (QED) is 0.902. The number of anilines is 1. The average Bonchev–Trinajstić information content (AvgIpc) is 2.34. The van der Waals surface area contributed by atoms with Crippen molar-refractivity contribution in [3.63, 3.8) is 0 Å². The Morgan fingerprint density at radius 1 is 1.05 bits per heavy atom. The van der Waals surface area contributed by atoms with Crippen LogP contribution in [0.25, 0.3) is 0 Å². The number of nitrogens with one attached hydrogen (secondary N) is 1. The first kappa shape index (κ1) is 14.1. The Morgan fingerprint density at radius 3 is 2.21 bits per heavy atom. The van der Waals surface area contributed by atoms with Crippen molar-refractivity contribution in [2.75, 3.05) is 51.6 Å². The second-order valence-corrected chi connectivity index (χ2v) is 4.82. The molecule has 0 amide bonds. The van der Waals surface area contributed by atoms with E-state index in [4.69, 9.17) is 0 Å². The monoisotopic (exact) mass is 273 g/mol. The van der Waals surface area contributed by atoms with Gasteiger partial charge in [-0.15, -0.1) is 0 Å². The first-order valence-corrected chi connectivity index (χ1v) is 6.35. The van der Waals surface area contributed by atoms with E-state index in [1.807, 2.05) is 0 Å². The minimum absolute atomic E-state index is 0.254. The van der Waals surface area contributed by atoms with Gasteiger partial charge in [0.05, 0.1) is 0 Å². The molecule has 0 aliphatic carbocycles. The zero-order valence-electron chi connectivity index (χ0n) is 10.9. The Hall–Kier alpha value is -1.27. The lowest BCUT2D eigenvalue weighted by Gasteiger charge is -2.32. The first-order valence-electron chi connectivity index (χ1n) is 6.35.